The summed E-state index contributed by atoms with van der Waals surface area (Å²) in [7, 11) is 0. The molecule has 5 nitrogen and oxygen atoms in total. The normalized spacial score (nSPS) is 13.8. The molecule has 1 aliphatic heterocycles. The standard InChI is InChI=1S/C53H55N4O.Pt/c1-50(2,3)37-26-27-54-49(31-37)57-46-23-16-15-22-44(46)45-25-24-42(33-47(45)57)58-43-30-39(51(4,5)6)29-41(32-43)55-34-48(52(7,8)9)56(35-55)40-21-17-20-38(28-40)53(10,11)36-18-13-12-14-19-36;/h12-31,34-35H,1-11H3;/q-3;. The molecule has 0 bridgehead atoms. The fraction of sp³-hybridized carbons (Fsp3) is 0.283. The van der Waals surface area contributed by atoms with Gasteiger partial charge in [-0.25, -0.2) is 4.98 Å². The smallest absolute Gasteiger partial charge is 0.135 e. The molecule has 8 rings (SSSR count). The van der Waals surface area contributed by atoms with Crippen LogP contribution in [0.25, 0.3) is 27.6 Å². The molecule has 7 aromatic rings. The van der Waals surface area contributed by atoms with E-state index in [4.69, 9.17) is 9.72 Å². The SMILES string of the molecule is CC(C)(C)C1=CN(c2[c-]c(Oc3[c-]c4c(cc3)c3ccccc3n4-c3cc(C(C)(C)C)ccn3)cc(C(C)(C)C)c2)[CH-]N1c1cccc(C(C)(C)c2ccccc2)c1.[Pt]. The number of allylic oxidation sites excluding steroid dienone is 1. The quantitative estimate of drug-likeness (QED) is 0.149. The zero-order chi connectivity index (χ0) is 41.2. The fourth-order valence-corrected chi connectivity index (χ4v) is 7.83. The van der Waals surface area contributed by atoms with E-state index in [1.165, 1.54) is 22.4 Å². The number of pyridine rings is 1. The summed E-state index contributed by atoms with van der Waals surface area (Å²) >= 11 is 0. The molecule has 59 heavy (non-hydrogen) atoms. The van der Waals surface area contributed by atoms with E-state index in [2.05, 4.69) is 225 Å². The van der Waals surface area contributed by atoms with Gasteiger partial charge < -0.3 is 19.1 Å². The summed E-state index contributed by atoms with van der Waals surface area (Å²) in [6.45, 7) is 27.0. The van der Waals surface area contributed by atoms with E-state index in [-0.39, 0.29) is 42.7 Å². The van der Waals surface area contributed by atoms with Crippen LogP contribution in [0.1, 0.15) is 98.4 Å². The van der Waals surface area contributed by atoms with Crippen molar-refractivity contribution in [1.82, 2.24) is 9.55 Å². The third-order valence-corrected chi connectivity index (χ3v) is 11.5. The Kier molecular flexibility index (Phi) is 11.0. The number of anilines is 2. The third-order valence-electron chi connectivity index (χ3n) is 11.5. The molecular weight excluding hydrogens is 904 g/mol. The Labute approximate surface area is 366 Å². The number of fused-ring (bicyclic) bond motifs is 3. The van der Waals surface area contributed by atoms with Gasteiger partial charge in [-0.1, -0.05) is 142 Å². The Morgan fingerprint density at radius 3 is 1.98 bits per heavy atom. The van der Waals surface area contributed by atoms with Gasteiger partial charge in [0.1, 0.15) is 5.82 Å². The summed E-state index contributed by atoms with van der Waals surface area (Å²) in [4.78, 5) is 9.38. The van der Waals surface area contributed by atoms with Crippen molar-refractivity contribution >= 4 is 33.2 Å². The van der Waals surface area contributed by atoms with Gasteiger partial charge in [0, 0.05) is 66.5 Å². The monoisotopic (exact) mass is 958 g/mol. The zero-order valence-corrected chi connectivity index (χ0v) is 38.5. The van der Waals surface area contributed by atoms with Gasteiger partial charge in [-0.15, -0.1) is 53.6 Å². The number of nitrogens with zero attached hydrogens (tertiary/aromatic N) is 4. The minimum Gasteiger partial charge on any atom is -0.509 e. The van der Waals surface area contributed by atoms with Crippen molar-refractivity contribution in [2.75, 3.05) is 9.80 Å². The Hall–Kier alpha value is -5.12. The fourth-order valence-electron chi connectivity index (χ4n) is 7.83. The summed E-state index contributed by atoms with van der Waals surface area (Å²) in [5.74, 6) is 2.12. The number of aromatic nitrogens is 2. The predicted molar refractivity (Wildman–Crippen MR) is 242 cm³/mol. The Morgan fingerprint density at radius 1 is 0.576 bits per heavy atom. The molecule has 0 saturated carbocycles. The van der Waals surface area contributed by atoms with Crippen LogP contribution >= 0.6 is 0 Å². The Balaban J connectivity index is 0.00000528. The van der Waals surface area contributed by atoms with E-state index < -0.39 is 0 Å². The minimum atomic E-state index is -0.162. The Bertz CT molecular complexity index is 2670. The van der Waals surface area contributed by atoms with Crippen LogP contribution in [-0.2, 0) is 37.3 Å². The van der Waals surface area contributed by atoms with E-state index >= 15 is 0 Å². The van der Waals surface area contributed by atoms with Crippen molar-refractivity contribution in [2.24, 2.45) is 5.41 Å². The molecule has 5 aromatic carbocycles. The second kappa shape index (κ2) is 15.5. The van der Waals surface area contributed by atoms with Gasteiger partial charge >= 0.3 is 0 Å². The van der Waals surface area contributed by atoms with Crippen LogP contribution in [0.15, 0.2) is 133 Å². The van der Waals surface area contributed by atoms with Gasteiger partial charge in [0.05, 0.1) is 0 Å². The van der Waals surface area contributed by atoms with Crippen LogP contribution < -0.4 is 14.5 Å². The predicted octanol–water partition coefficient (Wildman–Crippen LogP) is 13.8. The maximum absolute atomic E-state index is 6.77. The van der Waals surface area contributed by atoms with Crippen LogP contribution in [-0.4, -0.2) is 9.55 Å². The van der Waals surface area contributed by atoms with E-state index in [1.54, 1.807) is 0 Å². The van der Waals surface area contributed by atoms with Crippen molar-refractivity contribution < 1.29 is 25.8 Å². The first-order chi connectivity index (χ1) is 27.4. The van der Waals surface area contributed by atoms with Crippen molar-refractivity contribution in [1.29, 1.82) is 0 Å². The molecule has 0 N–H and O–H groups in total. The van der Waals surface area contributed by atoms with E-state index in [0.717, 1.165) is 44.6 Å². The summed E-state index contributed by atoms with van der Waals surface area (Å²) in [5.41, 5.74) is 9.69. The van der Waals surface area contributed by atoms with Crippen molar-refractivity contribution in [3.05, 3.63) is 174 Å². The molecule has 0 spiro atoms. The van der Waals surface area contributed by atoms with E-state index in [9.17, 15) is 0 Å². The van der Waals surface area contributed by atoms with Gasteiger partial charge in [0.25, 0.3) is 0 Å². The van der Waals surface area contributed by atoms with Gasteiger partial charge in [-0.3, -0.25) is 0 Å². The van der Waals surface area contributed by atoms with Crippen molar-refractivity contribution in [3.8, 4) is 17.3 Å². The van der Waals surface area contributed by atoms with Gasteiger partial charge in [0.2, 0.25) is 0 Å². The van der Waals surface area contributed by atoms with E-state index in [0.29, 0.717) is 11.5 Å². The number of hydrogen-bond donors (Lipinski definition) is 0. The number of ether oxygens (including phenoxy) is 1. The summed E-state index contributed by atoms with van der Waals surface area (Å²) in [6.07, 6.45) is 4.15. The molecule has 2 aromatic heterocycles. The topological polar surface area (TPSA) is 33.5 Å². The zero-order valence-electron chi connectivity index (χ0n) is 36.2. The second-order valence-electron chi connectivity index (χ2n) is 19.3. The van der Waals surface area contributed by atoms with Crippen molar-refractivity contribution in [2.45, 2.75) is 92.4 Å². The van der Waals surface area contributed by atoms with Gasteiger partial charge in [0.15, 0.2) is 0 Å². The van der Waals surface area contributed by atoms with Gasteiger partial charge in [-0.05, 0) is 69.4 Å². The molecule has 6 heteroatoms. The third kappa shape index (κ3) is 8.24. The minimum absolute atomic E-state index is 0. The molecule has 306 valence electrons. The average Bonchev–Trinajstić information content (AvgIpc) is 3.79. The number of para-hydroxylation sites is 1. The molecule has 3 heterocycles. The largest absolute Gasteiger partial charge is 0.509 e. The van der Waals surface area contributed by atoms with Crippen molar-refractivity contribution in [3.63, 3.8) is 0 Å². The summed E-state index contributed by atoms with van der Waals surface area (Å²) < 4.78 is 8.97. The first-order valence-electron chi connectivity index (χ1n) is 20.4. The average molecular weight is 959 g/mol. The van der Waals surface area contributed by atoms with Crippen LogP contribution in [0.4, 0.5) is 11.4 Å². The van der Waals surface area contributed by atoms with E-state index in [1.807, 2.05) is 12.3 Å². The molecule has 0 fully saturated rings. The van der Waals surface area contributed by atoms with Crippen LogP contribution in [0.2, 0.25) is 0 Å². The van der Waals surface area contributed by atoms with Gasteiger partial charge in [-0.2, -0.15) is 6.07 Å². The van der Waals surface area contributed by atoms with Crippen LogP contribution in [0.3, 0.4) is 0 Å². The molecule has 0 saturated heterocycles. The second-order valence-corrected chi connectivity index (χ2v) is 19.3. The molecule has 0 radical (unpaired) electrons. The molecule has 0 aliphatic carbocycles. The molecule has 0 amide bonds. The first-order valence-corrected chi connectivity index (χ1v) is 20.4. The molecule has 1 aliphatic rings. The maximum Gasteiger partial charge on any atom is 0.135 e. The van der Waals surface area contributed by atoms with Crippen LogP contribution in [0.5, 0.6) is 11.5 Å². The number of benzene rings is 5. The first kappa shape index (κ1) is 42.0. The number of rotatable bonds is 7. The molecule has 0 atom stereocenters. The number of hydrogen-bond acceptors (Lipinski definition) is 4. The molecule has 0 unspecified atom stereocenters. The maximum atomic E-state index is 6.77. The summed E-state index contributed by atoms with van der Waals surface area (Å²) in [5, 5.41) is 2.25. The molecular formula is C53H55N4OPt-3. The Morgan fingerprint density at radius 2 is 1.27 bits per heavy atom. The summed E-state index contributed by atoms with van der Waals surface area (Å²) in [6, 6.07) is 48.3. The van der Waals surface area contributed by atoms with Crippen LogP contribution in [0, 0.1) is 24.2 Å².